The zero-order valence-corrected chi connectivity index (χ0v) is 18.4. The molecule has 1 aliphatic heterocycles. The number of ether oxygens (including phenoxy) is 1. The van der Waals surface area contributed by atoms with Gasteiger partial charge in [-0.15, -0.1) is 0 Å². The Morgan fingerprint density at radius 3 is 2.65 bits per heavy atom. The molecule has 2 amide bonds. The topological polar surface area (TPSA) is 84.1 Å². The van der Waals surface area contributed by atoms with Crippen LogP contribution in [0.2, 0.25) is 0 Å². The van der Waals surface area contributed by atoms with Crippen molar-refractivity contribution in [3.63, 3.8) is 0 Å². The molecule has 7 nitrogen and oxygen atoms in total. The molecule has 1 aromatic carbocycles. The predicted octanol–water partition coefficient (Wildman–Crippen LogP) is 4.08. The molecule has 0 saturated carbocycles. The Balaban J connectivity index is 1.56. The molecular weight excluding hydrogens is 394 g/mol. The molecule has 0 spiro atoms. The van der Waals surface area contributed by atoms with E-state index in [0.29, 0.717) is 17.1 Å². The average Bonchev–Trinajstić information content (AvgIpc) is 3.14. The van der Waals surface area contributed by atoms with Crippen LogP contribution >= 0.6 is 0 Å². The van der Waals surface area contributed by atoms with Crippen LogP contribution in [0, 0.1) is 6.92 Å². The minimum absolute atomic E-state index is 0.0410. The van der Waals surface area contributed by atoms with E-state index in [1.54, 1.807) is 31.4 Å². The number of nitrogens with zero attached hydrogens (tertiary/aromatic N) is 2. The lowest BCUT2D eigenvalue weighted by molar-refractivity contribution is 0.0600. The van der Waals surface area contributed by atoms with E-state index < -0.39 is 0 Å². The van der Waals surface area contributed by atoms with Gasteiger partial charge in [0, 0.05) is 35.7 Å². The van der Waals surface area contributed by atoms with Crippen LogP contribution in [0.5, 0.6) is 5.75 Å². The van der Waals surface area contributed by atoms with Crippen LogP contribution in [-0.2, 0) is 6.42 Å². The molecule has 0 bridgehead atoms. The summed E-state index contributed by atoms with van der Waals surface area (Å²) in [6.45, 7) is 4.77. The number of hydrogen-bond acceptors (Lipinski definition) is 5. The van der Waals surface area contributed by atoms with E-state index in [9.17, 15) is 9.59 Å². The number of carbonyl (C=O) groups is 2. The van der Waals surface area contributed by atoms with Crippen LogP contribution in [0.3, 0.4) is 0 Å². The van der Waals surface area contributed by atoms with E-state index in [-0.39, 0.29) is 17.9 Å². The summed E-state index contributed by atoms with van der Waals surface area (Å²) in [5, 5.41) is 4.41. The standard InChI is InChI=1S/C24H29N3O4/c1-15-7-4-5-14-27(15)24(29)22-16(2)21-19(8-6-9-20(21)31-22)25-26-23(28)17-10-12-18(30-3)13-11-17/h10-13,15H,4-9,14H2,1-3H3,(H,26,28)/b25-19+. The lowest BCUT2D eigenvalue weighted by Gasteiger charge is -2.32. The first-order chi connectivity index (χ1) is 15.0. The summed E-state index contributed by atoms with van der Waals surface area (Å²) in [7, 11) is 1.58. The lowest BCUT2D eigenvalue weighted by Crippen LogP contribution is -2.42. The Morgan fingerprint density at radius 1 is 1.16 bits per heavy atom. The van der Waals surface area contributed by atoms with Gasteiger partial charge in [0.1, 0.15) is 11.5 Å². The number of piperidine rings is 1. The fourth-order valence-electron chi connectivity index (χ4n) is 4.44. The van der Waals surface area contributed by atoms with Gasteiger partial charge in [0.25, 0.3) is 11.8 Å². The second-order valence-corrected chi connectivity index (χ2v) is 8.28. The third-order valence-electron chi connectivity index (χ3n) is 6.23. The van der Waals surface area contributed by atoms with Crippen molar-refractivity contribution in [3.05, 3.63) is 52.5 Å². The molecule has 2 aliphatic rings. The molecule has 1 saturated heterocycles. The number of amides is 2. The van der Waals surface area contributed by atoms with Crippen molar-refractivity contribution < 1.29 is 18.7 Å². The molecule has 1 atom stereocenters. The molecule has 7 heteroatoms. The maximum Gasteiger partial charge on any atom is 0.290 e. The van der Waals surface area contributed by atoms with Crippen LogP contribution in [0.4, 0.5) is 0 Å². The summed E-state index contributed by atoms with van der Waals surface area (Å²) in [5.41, 5.74) is 5.60. The molecule has 1 unspecified atom stereocenters. The summed E-state index contributed by atoms with van der Waals surface area (Å²) in [5.74, 6) is 1.56. The minimum atomic E-state index is -0.290. The van der Waals surface area contributed by atoms with Gasteiger partial charge in [-0.1, -0.05) is 0 Å². The van der Waals surface area contributed by atoms with Crippen LogP contribution < -0.4 is 10.2 Å². The molecule has 1 aromatic heterocycles. The second-order valence-electron chi connectivity index (χ2n) is 8.28. The first-order valence-corrected chi connectivity index (χ1v) is 10.9. The van der Waals surface area contributed by atoms with E-state index in [1.807, 2.05) is 11.8 Å². The number of hydrazone groups is 1. The second kappa shape index (κ2) is 8.96. The summed E-state index contributed by atoms with van der Waals surface area (Å²) < 4.78 is 11.2. The molecule has 0 radical (unpaired) electrons. The van der Waals surface area contributed by atoms with E-state index >= 15 is 0 Å². The first kappa shape index (κ1) is 21.2. The fraction of sp³-hybridized carbons (Fsp3) is 0.458. The number of benzene rings is 1. The summed E-state index contributed by atoms with van der Waals surface area (Å²) in [6.07, 6.45) is 5.57. The van der Waals surface area contributed by atoms with Crippen molar-refractivity contribution in [2.45, 2.75) is 58.4 Å². The molecular formula is C24H29N3O4. The maximum atomic E-state index is 13.2. The smallest absolute Gasteiger partial charge is 0.290 e. The number of fused-ring (bicyclic) bond motifs is 1. The molecule has 1 aliphatic carbocycles. The summed E-state index contributed by atoms with van der Waals surface area (Å²) >= 11 is 0. The largest absolute Gasteiger partial charge is 0.497 e. The van der Waals surface area contributed by atoms with Crippen LogP contribution in [-0.4, -0.2) is 42.1 Å². The molecule has 1 N–H and O–H groups in total. The van der Waals surface area contributed by atoms with Crippen molar-refractivity contribution in [2.24, 2.45) is 5.10 Å². The van der Waals surface area contributed by atoms with E-state index in [4.69, 9.17) is 9.15 Å². The van der Waals surface area contributed by atoms with E-state index in [2.05, 4.69) is 17.5 Å². The highest BCUT2D eigenvalue weighted by Gasteiger charge is 2.32. The number of nitrogens with one attached hydrogen (secondary N) is 1. The van der Waals surface area contributed by atoms with Crippen molar-refractivity contribution >= 4 is 17.5 Å². The van der Waals surface area contributed by atoms with Gasteiger partial charge in [-0.2, -0.15) is 5.10 Å². The molecule has 164 valence electrons. The SMILES string of the molecule is COc1ccc(C(=O)N/N=C2\CCCc3oc(C(=O)N4CCCCC4C)c(C)c32)cc1. The lowest BCUT2D eigenvalue weighted by atomic mass is 9.93. The zero-order valence-electron chi connectivity index (χ0n) is 18.4. The predicted molar refractivity (Wildman–Crippen MR) is 118 cm³/mol. The Bertz CT molecular complexity index is 1010. The monoisotopic (exact) mass is 423 g/mol. The number of furan rings is 1. The van der Waals surface area contributed by atoms with Gasteiger partial charge in [-0.05, 0) is 70.2 Å². The highest BCUT2D eigenvalue weighted by Crippen LogP contribution is 2.31. The normalized spacial score (nSPS) is 19.8. The quantitative estimate of drug-likeness (QED) is 0.751. The Kier molecular flexibility index (Phi) is 6.11. The fourth-order valence-corrected chi connectivity index (χ4v) is 4.44. The number of carbonyl (C=O) groups excluding carboxylic acids is 2. The summed E-state index contributed by atoms with van der Waals surface area (Å²) in [6, 6.07) is 7.08. The van der Waals surface area contributed by atoms with Gasteiger partial charge in [0.2, 0.25) is 0 Å². The molecule has 31 heavy (non-hydrogen) atoms. The van der Waals surface area contributed by atoms with Crippen molar-refractivity contribution in [1.29, 1.82) is 0 Å². The molecule has 4 rings (SSSR count). The highest BCUT2D eigenvalue weighted by molar-refractivity contribution is 6.07. The van der Waals surface area contributed by atoms with Gasteiger partial charge in [0.05, 0.1) is 12.8 Å². The number of rotatable bonds is 4. The van der Waals surface area contributed by atoms with Crippen LogP contribution in [0.15, 0.2) is 33.8 Å². The van der Waals surface area contributed by atoms with Gasteiger partial charge in [-0.3, -0.25) is 9.59 Å². The van der Waals surface area contributed by atoms with Crippen LogP contribution in [0.25, 0.3) is 0 Å². The van der Waals surface area contributed by atoms with Crippen molar-refractivity contribution in [3.8, 4) is 5.75 Å². The number of aryl methyl sites for hydroxylation is 1. The first-order valence-electron chi connectivity index (χ1n) is 10.9. The van der Waals surface area contributed by atoms with Gasteiger partial charge >= 0.3 is 0 Å². The zero-order chi connectivity index (χ0) is 22.0. The Morgan fingerprint density at radius 2 is 1.94 bits per heavy atom. The third-order valence-corrected chi connectivity index (χ3v) is 6.23. The number of methoxy groups -OCH3 is 1. The van der Waals surface area contributed by atoms with Crippen molar-refractivity contribution in [2.75, 3.05) is 13.7 Å². The van der Waals surface area contributed by atoms with Gasteiger partial charge in [-0.25, -0.2) is 5.43 Å². The number of likely N-dealkylation sites (tertiary alicyclic amines) is 1. The molecule has 2 heterocycles. The van der Waals surface area contributed by atoms with E-state index in [0.717, 1.165) is 67.7 Å². The van der Waals surface area contributed by atoms with Gasteiger partial charge < -0.3 is 14.1 Å². The minimum Gasteiger partial charge on any atom is -0.497 e. The number of hydrogen-bond donors (Lipinski definition) is 1. The van der Waals surface area contributed by atoms with E-state index in [1.165, 1.54) is 0 Å². The molecule has 1 fully saturated rings. The Hall–Kier alpha value is -3.09. The summed E-state index contributed by atoms with van der Waals surface area (Å²) in [4.78, 5) is 27.6. The van der Waals surface area contributed by atoms with Gasteiger partial charge in [0.15, 0.2) is 5.76 Å². The molecule has 2 aromatic rings. The van der Waals surface area contributed by atoms with Crippen molar-refractivity contribution in [1.82, 2.24) is 10.3 Å². The third kappa shape index (κ3) is 4.22. The Labute approximate surface area is 182 Å². The van der Waals surface area contributed by atoms with Crippen LogP contribution in [0.1, 0.15) is 76.8 Å². The maximum absolute atomic E-state index is 13.2. The highest BCUT2D eigenvalue weighted by atomic mass is 16.5. The average molecular weight is 424 g/mol.